The molecule has 0 heterocycles. The lowest BCUT2D eigenvalue weighted by molar-refractivity contribution is -0.0138. The Hall–Kier alpha value is -0.0800. The van der Waals surface area contributed by atoms with Crippen molar-refractivity contribution in [2.45, 2.75) is 65.7 Å². The first-order valence-electron chi connectivity index (χ1n) is 7.65. The highest BCUT2D eigenvalue weighted by Gasteiger charge is 2.32. The smallest absolute Gasteiger partial charge is 0.0540 e. The number of methoxy groups -OCH3 is 2. The van der Waals surface area contributed by atoms with Crippen LogP contribution in [0.3, 0.4) is 0 Å². The fourth-order valence-corrected chi connectivity index (χ4v) is 2.96. The lowest BCUT2D eigenvalue weighted by Crippen LogP contribution is -2.34. The zero-order chi connectivity index (χ0) is 13.9. The van der Waals surface area contributed by atoms with Gasteiger partial charge in [0.25, 0.3) is 0 Å². The molecule has 0 saturated carbocycles. The first-order chi connectivity index (χ1) is 8.67. The molecule has 2 heteroatoms. The maximum Gasteiger partial charge on any atom is 0.0540 e. The zero-order valence-electron chi connectivity index (χ0n) is 13.3. The normalized spacial score (nSPS) is 12.3. The number of hydrogen-bond acceptors (Lipinski definition) is 2. The molecule has 110 valence electrons. The molecule has 2 nitrogen and oxygen atoms in total. The van der Waals surface area contributed by atoms with Crippen molar-refractivity contribution in [1.29, 1.82) is 0 Å². The Morgan fingerprint density at radius 3 is 1.83 bits per heavy atom. The van der Waals surface area contributed by atoms with Crippen molar-refractivity contribution >= 4 is 0 Å². The van der Waals surface area contributed by atoms with E-state index in [2.05, 4.69) is 20.8 Å². The largest absolute Gasteiger partial charge is 0.384 e. The maximum atomic E-state index is 5.50. The molecule has 0 aliphatic rings. The molecule has 18 heavy (non-hydrogen) atoms. The molecule has 0 unspecified atom stereocenters. The van der Waals surface area contributed by atoms with Crippen LogP contribution in [0.4, 0.5) is 0 Å². The minimum Gasteiger partial charge on any atom is -0.384 e. The number of ether oxygens (including phenoxy) is 2. The van der Waals surface area contributed by atoms with Gasteiger partial charge in [0.1, 0.15) is 0 Å². The van der Waals surface area contributed by atoms with Crippen LogP contribution >= 0.6 is 0 Å². The third-order valence-electron chi connectivity index (χ3n) is 4.09. The highest BCUT2D eigenvalue weighted by molar-refractivity contribution is 4.82. The average molecular weight is 258 g/mol. The summed E-state index contributed by atoms with van der Waals surface area (Å²) in [6.45, 7) is 8.52. The van der Waals surface area contributed by atoms with Crippen LogP contribution < -0.4 is 0 Å². The molecular weight excluding hydrogens is 224 g/mol. The van der Waals surface area contributed by atoms with E-state index in [1.807, 2.05) is 14.2 Å². The summed E-state index contributed by atoms with van der Waals surface area (Å²) >= 11 is 0. The number of unbranched alkanes of at least 4 members (excludes halogenated alkanes) is 2. The Morgan fingerprint density at radius 2 is 1.44 bits per heavy atom. The van der Waals surface area contributed by atoms with E-state index in [0.717, 1.165) is 19.1 Å². The van der Waals surface area contributed by atoms with Gasteiger partial charge in [-0.3, -0.25) is 0 Å². The van der Waals surface area contributed by atoms with Gasteiger partial charge in [0, 0.05) is 19.6 Å². The van der Waals surface area contributed by atoms with Crippen LogP contribution in [0.15, 0.2) is 0 Å². The van der Waals surface area contributed by atoms with E-state index in [1.54, 1.807) is 0 Å². The summed E-state index contributed by atoms with van der Waals surface area (Å²) in [7, 11) is 3.63. The summed E-state index contributed by atoms with van der Waals surface area (Å²) in [6.07, 6.45) is 8.89. The first kappa shape index (κ1) is 17.9. The highest BCUT2D eigenvalue weighted by Crippen LogP contribution is 2.35. The van der Waals surface area contributed by atoms with Crippen LogP contribution in [-0.2, 0) is 9.47 Å². The van der Waals surface area contributed by atoms with Crippen LogP contribution in [0.25, 0.3) is 0 Å². The van der Waals surface area contributed by atoms with Crippen molar-refractivity contribution in [2.75, 3.05) is 27.4 Å². The molecule has 0 amide bonds. The van der Waals surface area contributed by atoms with Crippen molar-refractivity contribution in [2.24, 2.45) is 11.3 Å². The van der Waals surface area contributed by atoms with E-state index in [4.69, 9.17) is 9.47 Å². The Bertz CT molecular complexity index is 170. The van der Waals surface area contributed by atoms with Crippen molar-refractivity contribution in [3.8, 4) is 0 Å². The topological polar surface area (TPSA) is 18.5 Å². The summed E-state index contributed by atoms with van der Waals surface area (Å²) < 4.78 is 11.0. The van der Waals surface area contributed by atoms with Crippen LogP contribution in [0.2, 0.25) is 0 Å². The summed E-state index contributed by atoms with van der Waals surface area (Å²) in [6, 6.07) is 0. The van der Waals surface area contributed by atoms with Gasteiger partial charge in [-0.05, 0) is 18.8 Å². The van der Waals surface area contributed by atoms with Gasteiger partial charge in [0.2, 0.25) is 0 Å². The number of rotatable bonds is 12. The van der Waals surface area contributed by atoms with Crippen molar-refractivity contribution in [3.05, 3.63) is 0 Å². The van der Waals surface area contributed by atoms with E-state index >= 15 is 0 Å². The van der Waals surface area contributed by atoms with Gasteiger partial charge in [0.05, 0.1) is 13.2 Å². The van der Waals surface area contributed by atoms with Gasteiger partial charge >= 0.3 is 0 Å². The van der Waals surface area contributed by atoms with Crippen LogP contribution in [-0.4, -0.2) is 27.4 Å². The van der Waals surface area contributed by atoms with Crippen molar-refractivity contribution < 1.29 is 9.47 Å². The lowest BCUT2D eigenvalue weighted by Gasteiger charge is -2.35. The minimum atomic E-state index is 0.232. The second-order valence-corrected chi connectivity index (χ2v) is 5.71. The second kappa shape index (κ2) is 10.8. The molecule has 0 aromatic rings. The molecule has 0 saturated heterocycles. The SMILES string of the molecule is CCCCCC(COC)(COC)CC(CC)CC. The predicted octanol–water partition coefficient (Wildman–Crippen LogP) is 4.67. The monoisotopic (exact) mass is 258 g/mol. The molecule has 0 aromatic carbocycles. The Morgan fingerprint density at radius 1 is 0.889 bits per heavy atom. The second-order valence-electron chi connectivity index (χ2n) is 5.71. The third kappa shape index (κ3) is 6.75. The summed E-state index contributed by atoms with van der Waals surface area (Å²) in [5, 5.41) is 0. The maximum absolute atomic E-state index is 5.50. The van der Waals surface area contributed by atoms with Crippen molar-refractivity contribution in [1.82, 2.24) is 0 Å². The molecule has 0 radical (unpaired) electrons. The standard InChI is InChI=1S/C16H34O2/c1-6-9-10-11-16(13-17-4,14-18-5)12-15(7-2)8-3/h15H,6-14H2,1-5H3. The van der Waals surface area contributed by atoms with E-state index in [-0.39, 0.29) is 5.41 Å². The number of hydrogen-bond donors (Lipinski definition) is 0. The molecule has 0 rings (SSSR count). The van der Waals surface area contributed by atoms with Crippen LogP contribution in [0.5, 0.6) is 0 Å². The fourth-order valence-electron chi connectivity index (χ4n) is 2.96. The van der Waals surface area contributed by atoms with Gasteiger partial charge in [-0.15, -0.1) is 0 Å². The van der Waals surface area contributed by atoms with E-state index in [9.17, 15) is 0 Å². The first-order valence-corrected chi connectivity index (χ1v) is 7.65. The van der Waals surface area contributed by atoms with Crippen molar-refractivity contribution in [3.63, 3.8) is 0 Å². The average Bonchev–Trinajstić information content (AvgIpc) is 2.37. The molecule has 0 aliphatic carbocycles. The predicted molar refractivity (Wildman–Crippen MR) is 79.0 cm³/mol. The Labute approximate surface area is 114 Å². The lowest BCUT2D eigenvalue weighted by atomic mass is 9.75. The van der Waals surface area contributed by atoms with E-state index in [0.29, 0.717) is 0 Å². The third-order valence-corrected chi connectivity index (χ3v) is 4.09. The molecule has 0 atom stereocenters. The Balaban J connectivity index is 4.59. The van der Waals surface area contributed by atoms with Gasteiger partial charge in [-0.1, -0.05) is 52.9 Å². The summed E-state index contributed by atoms with van der Waals surface area (Å²) in [5.74, 6) is 0.803. The van der Waals surface area contributed by atoms with E-state index < -0.39 is 0 Å². The minimum absolute atomic E-state index is 0.232. The molecule has 0 fully saturated rings. The van der Waals surface area contributed by atoms with Gasteiger partial charge in [-0.2, -0.15) is 0 Å². The van der Waals surface area contributed by atoms with Crippen LogP contribution in [0.1, 0.15) is 65.7 Å². The van der Waals surface area contributed by atoms with Crippen LogP contribution in [0, 0.1) is 11.3 Å². The zero-order valence-corrected chi connectivity index (χ0v) is 13.3. The van der Waals surface area contributed by atoms with E-state index in [1.165, 1.54) is 44.9 Å². The Kier molecular flexibility index (Phi) is 10.8. The van der Waals surface area contributed by atoms with Gasteiger partial charge < -0.3 is 9.47 Å². The summed E-state index contributed by atoms with van der Waals surface area (Å²) in [4.78, 5) is 0. The van der Waals surface area contributed by atoms with Gasteiger partial charge in [-0.25, -0.2) is 0 Å². The highest BCUT2D eigenvalue weighted by atomic mass is 16.5. The molecular formula is C16H34O2. The molecule has 0 N–H and O–H groups in total. The fraction of sp³-hybridized carbons (Fsp3) is 1.00. The molecule has 0 bridgehead atoms. The molecule has 0 aromatic heterocycles. The summed E-state index contributed by atoms with van der Waals surface area (Å²) in [5.41, 5.74) is 0.232. The molecule has 0 spiro atoms. The van der Waals surface area contributed by atoms with Gasteiger partial charge in [0.15, 0.2) is 0 Å². The quantitative estimate of drug-likeness (QED) is 0.473. The molecule has 0 aliphatic heterocycles.